The van der Waals surface area contributed by atoms with E-state index in [9.17, 15) is 9.90 Å². The standard InChI is InChI=1S/C16H26N2O3/c1-2-13-6-8-15(9-7-13)21-12-14(19)11-18-10-4-3-5-16(17)20/h6-9,14,18-19H,2-5,10-12H2,1H3,(H2,17,20). The van der Waals surface area contributed by atoms with Gasteiger partial charge in [0, 0.05) is 13.0 Å². The monoisotopic (exact) mass is 294 g/mol. The third-order valence-corrected chi connectivity index (χ3v) is 3.18. The summed E-state index contributed by atoms with van der Waals surface area (Å²) in [5.41, 5.74) is 6.32. The summed E-state index contributed by atoms with van der Waals surface area (Å²) in [5, 5.41) is 12.9. The maximum atomic E-state index is 10.5. The van der Waals surface area contributed by atoms with Gasteiger partial charge in [0.2, 0.25) is 5.91 Å². The van der Waals surface area contributed by atoms with Crippen LogP contribution >= 0.6 is 0 Å². The van der Waals surface area contributed by atoms with Crippen LogP contribution in [-0.2, 0) is 11.2 Å². The van der Waals surface area contributed by atoms with Gasteiger partial charge in [0.25, 0.3) is 0 Å². The minimum absolute atomic E-state index is 0.264. The molecule has 118 valence electrons. The number of rotatable bonds is 11. The third kappa shape index (κ3) is 8.32. The molecule has 1 amide bonds. The van der Waals surface area contributed by atoms with Gasteiger partial charge in [-0.15, -0.1) is 0 Å². The van der Waals surface area contributed by atoms with Gasteiger partial charge in [-0.25, -0.2) is 0 Å². The number of nitrogens with two attached hydrogens (primary N) is 1. The first-order chi connectivity index (χ1) is 10.1. The van der Waals surface area contributed by atoms with Crippen LogP contribution in [0.25, 0.3) is 0 Å². The second-order valence-electron chi connectivity index (χ2n) is 5.09. The molecule has 0 aliphatic carbocycles. The summed E-state index contributed by atoms with van der Waals surface area (Å²) in [6.45, 7) is 3.60. The average Bonchev–Trinajstić information content (AvgIpc) is 2.49. The first-order valence-corrected chi connectivity index (χ1v) is 7.50. The highest BCUT2D eigenvalue weighted by Gasteiger charge is 2.05. The van der Waals surface area contributed by atoms with Gasteiger partial charge in [0.05, 0.1) is 0 Å². The molecule has 0 saturated heterocycles. The Morgan fingerprint density at radius 1 is 1.33 bits per heavy atom. The zero-order valence-electron chi connectivity index (χ0n) is 12.7. The lowest BCUT2D eigenvalue weighted by atomic mass is 10.2. The van der Waals surface area contributed by atoms with Crippen molar-refractivity contribution in [3.8, 4) is 5.75 Å². The summed E-state index contributed by atoms with van der Waals surface area (Å²) in [6.07, 6.45) is 2.52. The number of aliphatic hydroxyl groups is 1. The van der Waals surface area contributed by atoms with E-state index in [1.54, 1.807) is 0 Å². The van der Waals surface area contributed by atoms with Crippen LogP contribution in [0, 0.1) is 0 Å². The Bertz CT molecular complexity index is 406. The molecule has 5 heteroatoms. The second-order valence-corrected chi connectivity index (χ2v) is 5.09. The van der Waals surface area contributed by atoms with E-state index in [0.717, 1.165) is 31.6 Å². The van der Waals surface area contributed by atoms with Gasteiger partial charge >= 0.3 is 0 Å². The number of aliphatic hydroxyl groups excluding tert-OH is 1. The lowest BCUT2D eigenvalue weighted by Crippen LogP contribution is -2.32. The number of carbonyl (C=O) groups excluding carboxylic acids is 1. The van der Waals surface area contributed by atoms with E-state index in [-0.39, 0.29) is 12.5 Å². The second kappa shape index (κ2) is 10.2. The Morgan fingerprint density at radius 2 is 2.05 bits per heavy atom. The van der Waals surface area contributed by atoms with Crippen molar-refractivity contribution in [2.45, 2.75) is 38.7 Å². The van der Waals surface area contributed by atoms with Crippen LogP contribution in [0.15, 0.2) is 24.3 Å². The Kier molecular flexibility index (Phi) is 8.47. The highest BCUT2D eigenvalue weighted by atomic mass is 16.5. The smallest absolute Gasteiger partial charge is 0.217 e. The van der Waals surface area contributed by atoms with Crippen molar-refractivity contribution in [2.24, 2.45) is 5.73 Å². The number of hydrogen-bond acceptors (Lipinski definition) is 4. The highest BCUT2D eigenvalue weighted by molar-refractivity contribution is 5.73. The van der Waals surface area contributed by atoms with E-state index in [1.807, 2.05) is 24.3 Å². The van der Waals surface area contributed by atoms with E-state index in [4.69, 9.17) is 10.5 Å². The fraction of sp³-hybridized carbons (Fsp3) is 0.562. The van der Waals surface area contributed by atoms with Gasteiger partial charge in [-0.2, -0.15) is 0 Å². The number of benzene rings is 1. The summed E-state index contributed by atoms with van der Waals surface area (Å²) in [5.74, 6) is 0.505. The summed E-state index contributed by atoms with van der Waals surface area (Å²) < 4.78 is 5.53. The van der Waals surface area contributed by atoms with Crippen LogP contribution in [0.4, 0.5) is 0 Å². The number of amides is 1. The minimum atomic E-state index is -0.549. The van der Waals surface area contributed by atoms with Crippen LogP contribution in [0.2, 0.25) is 0 Å². The van der Waals surface area contributed by atoms with Crippen molar-refractivity contribution in [3.63, 3.8) is 0 Å². The molecule has 5 nitrogen and oxygen atoms in total. The predicted molar refractivity (Wildman–Crippen MR) is 83.2 cm³/mol. The number of nitrogens with one attached hydrogen (secondary N) is 1. The molecule has 0 spiro atoms. The van der Waals surface area contributed by atoms with Gasteiger partial charge in [-0.05, 0) is 43.5 Å². The van der Waals surface area contributed by atoms with Gasteiger partial charge < -0.3 is 20.9 Å². The third-order valence-electron chi connectivity index (χ3n) is 3.18. The first-order valence-electron chi connectivity index (χ1n) is 7.50. The topological polar surface area (TPSA) is 84.6 Å². The molecule has 0 radical (unpaired) electrons. The predicted octanol–water partition coefficient (Wildman–Crippen LogP) is 1.23. The molecule has 21 heavy (non-hydrogen) atoms. The fourth-order valence-corrected chi connectivity index (χ4v) is 1.89. The quantitative estimate of drug-likeness (QED) is 0.536. The van der Waals surface area contributed by atoms with Crippen molar-refractivity contribution in [2.75, 3.05) is 19.7 Å². The Morgan fingerprint density at radius 3 is 2.67 bits per heavy atom. The summed E-state index contributed by atoms with van der Waals surface area (Å²) >= 11 is 0. The molecule has 0 bridgehead atoms. The van der Waals surface area contributed by atoms with E-state index in [1.165, 1.54) is 5.56 Å². The van der Waals surface area contributed by atoms with E-state index in [2.05, 4.69) is 12.2 Å². The molecule has 1 unspecified atom stereocenters. The lowest BCUT2D eigenvalue weighted by Gasteiger charge is -2.13. The van der Waals surface area contributed by atoms with Crippen LogP contribution in [0.1, 0.15) is 31.7 Å². The molecule has 0 fully saturated rings. The average molecular weight is 294 g/mol. The summed E-state index contributed by atoms with van der Waals surface area (Å²) in [7, 11) is 0. The summed E-state index contributed by atoms with van der Waals surface area (Å²) in [6, 6.07) is 7.89. The molecule has 4 N–H and O–H groups in total. The molecule has 0 saturated carbocycles. The van der Waals surface area contributed by atoms with E-state index >= 15 is 0 Å². The Labute approximate surface area is 126 Å². The molecular formula is C16H26N2O3. The van der Waals surface area contributed by atoms with Crippen molar-refractivity contribution in [1.82, 2.24) is 5.32 Å². The van der Waals surface area contributed by atoms with Crippen molar-refractivity contribution >= 4 is 5.91 Å². The lowest BCUT2D eigenvalue weighted by molar-refractivity contribution is -0.118. The number of unbranched alkanes of at least 4 members (excludes halogenated alkanes) is 1. The molecule has 1 rings (SSSR count). The SMILES string of the molecule is CCc1ccc(OCC(O)CNCCCCC(N)=O)cc1. The Hall–Kier alpha value is -1.59. The highest BCUT2D eigenvalue weighted by Crippen LogP contribution is 2.12. The molecule has 0 heterocycles. The van der Waals surface area contributed by atoms with Crippen molar-refractivity contribution in [3.05, 3.63) is 29.8 Å². The molecule has 0 aromatic heterocycles. The molecular weight excluding hydrogens is 268 g/mol. The van der Waals surface area contributed by atoms with Crippen LogP contribution in [-0.4, -0.2) is 36.8 Å². The normalized spacial score (nSPS) is 12.1. The number of primary amides is 1. The van der Waals surface area contributed by atoms with Crippen LogP contribution < -0.4 is 15.8 Å². The molecule has 1 aromatic rings. The molecule has 0 aliphatic rings. The van der Waals surface area contributed by atoms with Crippen molar-refractivity contribution in [1.29, 1.82) is 0 Å². The number of hydrogen-bond donors (Lipinski definition) is 3. The maximum Gasteiger partial charge on any atom is 0.217 e. The van der Waals surface area contributed by atoms with Gasteiger partial charge in [-0.3, -0.25) is 4.79 Å². The zero-order valence-corrected chi connectivity index (χ0v) is 12.7. The minimum Gasteiger partial charge on any atom is -0.491 e. The molecule has 0 aliphatic heterocycles. The number of ether oxygens (including phenoxy) is 1. The van der Waals surface area contributed by atoms with Gasteiger partial charge in [0.1, 0.15) is 18.5 Å². The molecule has 1 aromatic carbocycles. The van der Waals surface area contributed by atoms with E-state index < -0.39 is 6.10 Å². The van der Waals surface area contributed by atoms with Gasteiger partial charge in [-0.1, -0.05) is 19.1 Å². The summed E-state index contributed by atoms with van der Waals surface area (Å²) in [4.78, 5) is 10.5. The van der Waals surface area contributed by atoms with Crippen LogP contribution in [0.3, 0.4) is 0 Å². The first kappa shape index (κ1) is 17.5. The molecule has 1 atom stereocenters. The number of carbonyl (C=O) groups is 1. The maximum absolute atomic E-state index is 10.5. The van der Waals surface area contributed by atoms with E-state index in [0.29, 0.717) is 13.0 Å². The van der Waals surface area contributed by atoms with Crippen LogP contribution in [0.5, 0.6) is 5.75 Å². The largest absolute Gasteiger partial charge is 0.491 e. The zero-order chi connectivity index (χ0) is 15.5. The number of aryl methyl sites for hydroxylation is 1. The van der Waals surface area contributed by atoms with Gasteiger partial charge in [0.15, 0.2) is 0 Å². The fourth-order valence-electron chi connectivity index (χ4n) is 1.89. The van der Waals surface area contributed by atoms with Crippen molar-refractivity contribution < 1.29 is 14.6 Å². The Balaban J connectivity index is 2.07.